The van der Waals surface area contributed by atoms with Crippen LogP contribution in [0.5, 0.6) is 0 Å². The van der Waals surface area contributed by atoms with E-state index in [4.69, 9.17) is 4.74 Å². The lowest BCUT2D eigenvalue weighted by Crippen LogP contribution is -2.41. The number of nitrogens with one attached hydrogen (secondary N) is 2. The molecule has 162 valence electrons. The smallest absolute Gasteiger partial charge is 0.410 e. The predicted molar refractivity (Wildman–Crippen MR) is 111 cm³/mol. The van der Waals surface area contributed by atoms with Gasteiger partial charge in [-0.2, -0.15) is 10.2 Å². The van der Waals surface area contributed by atoms with Crippen LogP contribution in [-0.4, -0.2) is 49.0 Å². The Balaban J connectivity index is 1.47. The first-order valence-corrected chi connectivity index (χ1v) is 9.85. The number of fused-ring (bicyclic) bond motifs is 1. The van der Waals surface area contributed by atoms with E-state index in [1.54, 1.807) is 27.8 Å². The molecule has 1 aliphatic heterocycles. The van der Waals surface area contributed by atoms with Crippen molar-refractivity contribution in [3.8, 4) is 11.3 Å². The van der Waals surface area contributed by atoms with E-state index >= 15 is 0 Å². The number of rotatable bonds is 3. The molecule has 0 saturated heterocycles. The van der Waals surface area contributed by atoms with Gasteiger partial charge in [0, 0.05) is 18.2 Å². The molecule has 0 bridgehead atoms. The standard InChI is InChI=1S/C21H23FN6O3/c1-21(2,3)31-20(30)27-8-9-28-15(12-27)10-17(26-28)24-19(29)16-11-23-25-18(16)13-4-6-14(22)7-5-13/h4-7,10-11H,8-9,12H2,1-3H3,(H,23,25)(H,24,26,29). The second-order valence-corrected chi connectivity index (χ2v) is 8.27. The number of halogens is 1. The van der Waals surface area contributed by atoms with Gasteiger partial charge in [0.05, 0.1) is 36.2 Å². The number of carbonyl (C=O) groups excluding carboxylic acids is 2. The average molecular weight is 426 g/mol. The van der Waals surface area contributed by atoms with Crippen molar-refractivity contribution in [2.75, 3.05) is 11.9 Å². The summed E-state index contributed by atoms with van der Waals surface area (Å²) in [6.45, 7) is 6.77. The Hall–Kier alpha value is -3.69. The summed E-state index contributed by atoms with van der Waals surface area (Å²) in [5.41, 5.74) is 1.66. The van der Waals surface area contributed by atoms with Crippen molar-refractivity contribution < 1.29 is 18.7 Å². The quantitative estimate of drug-likeness (QED) is 0.668. The monoisotopic (exact) mass is 426 g/mol. The number of aromatic nitrogens is 4. The van der Waals surface area contributed by atoms with Crippen LogP contribution < -0.4 is 5.32 Å². The molecule has 0 radical (unpaired) electrons. The van der Waals surface area contributed by atoms with Crippen LogP contribution in [-0.2, 0) is 17.8 Å². The normalized spacial score (nSPS) is 13.6. The molecule has 9 nitrogen and oxygen atoms in total. The Morgan fingerprint density at radius 3 is 2.65 bits per heavy atom. The molecule has 0 fully saturated rings. The topological polar surface area (TPSA) is 105 Å². The molecule has 0 spiro atoms. The molecule has 31 heavy (non-hydrogen) atoms. The summed E-state index contributed by atoms with van der Waals surface area (Å²) in [6, 6.07) is 7.50. The zero-order chi connectivity index (χ0) is 22.2. The number of hydrogen-bond donors (Lipinski definition) is 2. The predicted octanol–water partition coefficient (Wildman–Crippen LogP) is 3.42. The van der Waals surface area contributed by atoms with Gasteiger partial charge in [0.15, 0.2) is 5.82 Å². The highest BCUT2D eigenvalue weighted by atomic mass is 19.1. The molecule has 2 N–H and O–H groups in total. The van der Waals surface area contributed by atoms with Crippen LogP contribution in [0.1, 0.15) is 36.8 Å². The molecule has 3 heterocycles. The van der Waals surface area contributed by atoms with Crippen molar-refractivity contribution in [1.82, 2.24) is 24.9 Å². The second kappa shape index (κ2) is 7.86. The van der Waals surface area contributed by atoms with Gasteiger partial charge in [-0.3, -0.25) is 14.6 Å². The summed E-state index contributed by atoms with van der Waals surface area (Å²) in [6.07, 6.45) is 1.03. The Labute approximate surface area is 178 Å². The molecule has 0 unspecified atom stereocenters. The largest absolute Gasteiger partial charge is 0.444 e. The number of H-pyrrole nitrogens is 1. The number of benzene rings is 1. The van der Waals surface area contributed by atoms with Crippen molar-refractivity contribution in [3.05, 3.63) is 53.6 Å². The number of ether oxygens (including phenoxy) is 1. The summed E-state index contributed by atoms with van der Waals surface area (Å²) in [7, 11) is 0. The minimum absolute atomic E-state index is 0.313. The minimum Gasteiger partial charge on any atom is -0.444 e. The minimum atomic E-state index is -0.569. The van der Waals surface area contributed by atoms with Gasteiger partial charge in [0.2, 0.25) is 0 Å². The highest BCUT2D eigenvalue weighted by molar-refractivity contribution is 6.07. The van der Waals surface area contributed by atoms with E-state index in [0.29, 0.717) is 42.3 Å². The lowest BCUT2D eigenvalue weighted by atomic mass is 10.1. The van der Waals surface area contributed by atoms with Crippen LogP contribution >= 0.6 is 0 Å². The molecule has 10 heteroatoms. The van der Waals surface area contributed by atoms with Gasteiger partial charge in [-0.15, -0.1) is 0 Å². The fourth-order valence-corrected chi connectivity index (χ4v) is 3.29. The van der Waals surface area contributed by atoms with E-state index in [2.05, 4.69) is 20.6 Å². The third-order valence-electron chi connectivity index (χ3n) is 4.71. The van der Waals surface area contributed by atoms with Gasteiger partial charge in [0.25, 0.3) is 5.91 Å². The molecule has 1 aliphatic rings. The Morgan fingerprint density at radius 1 is 1.19 bits per heavy atom. The van der Waals surface area contributed by atoms with E-state index in [1.165, 1.54) is 18.3 Å². The summed E-state index contributed by atoms with van der Waals surface area (Å²) in [5.74, 6) is -0.386. The van der Waals surface area contributed by atoms with E-state index in [9.17, 15) is 14.0 Å². The fraction of sp³-hybridized carbons (Fsp3) is 0.333. The lowest BCUT2D eigenvalue weighted by Gasteiger charge is -2.30. The molecule has 2 amide bonds. The lowest BCUT2D eigenvalue weighted by molar-refractivity contribution is 0.0194. The number of nitrogens with zero attached hydrogens (tertiary/aromatic N) is 4. The third-order valence-corrected chi connectivity index (χ3v) is 4.71. The maximum absolute atomic E-state index is 13.2. The van der Waals surface area contributed by atoms with Gasteiger partial charge in [0.1, 0.15) is 11.4 Å². The Kier molecular flexibility index (Phi) is 5.22. The van der Waals surface area contributed by atoms with E-state index in [1.807, 2.05) is 20.8 Å². The number of aromatic amines is 1. The van der Waals surface area contributed by atoms with Gasteiger partial charge in [-0.25, -0.2) is 9.18 Å². The first-order chi connectivity index (χ1) is 14.7. The molecular weight excluding hydrogens is 403 g/mol. The van der Waals surface area contributed by atoms with Gasteiger partial charge < -0.3 is 15.0 Å². The molecule has 2 aromatic heterocycles. The maximum atomic E-state index is 13.2. The highest BCUT2D eigenvalue weighted by Crippen LogP contribution is 2.23. The molecule has 0 saturated carbocycles. The summed E-state index contributed by atoms with van der Waals surface area (Å²) >= 11 is 0. The zero-order valence-electron chi connectivity index (χ0n) is 17.5. The molecule has 4 rings (SSSR count). The molecule has 0 atom stereocenters. The highest BCUT2D eigenvalue weighted by Gasteiger charge is 2.27. The SMILES string of the molecule is CC(C)(C)OC(=O)N1CCn2nc(NC(=O)c3cn[nH]c3-c3ccc(F)cc3)cc2C1. The molecule has 1 aromatic carbocycles. The first-order valence-electron chi connectivity index (χ1n) is 9.85. The molecular formula is C21H23FN6O3. The van der Waals surface area contributed by atoms with E-state index < -0.39 is 11.5 Å². The van der Waals surface area contributed by atoms with Gasteiger partial charge >= 0.3 is 6.09 Å². The first kappa shape index (κ1) is 20.6. The van der Waals surface area contributed by atoms with E-state index in [0.717, 1.165) is 5.69 Å². The van der Waals surface area contributed by atoms with Crippen LogP contribution in [0.25, 0.3) is 11.3 Å². The van der Waals surface area contributed by atoms with E-state index in [-0.39, 0.29) is 11.9 Å². The maximum Gasteiger partial charge on any atom is 0.410 e. The summed E-state index contributed by atoms with van der Waals surface area (Å²) in [5, 5.41) is 13.9. The van der Waals surface area contributed by atoms with Crippen LogP contribution in [0.2, 0.25) is 0 Å². The summed E-state index contributed by atoms with van der Waals surface area (Å²) in [4.78, 5) is 26.7. The second-order valence-electron chi connectivity index (χ2n) is 8.27. The Bertz CT molecular complexity index is 1110. The van der Waals surface area contributed by atoms with Crippen molar-refractivity contribution >= 4 is 17.8 Å². The van der Waals surface area contributed by atoms with Crippen molar-refractivity contribution in [1.29, 1.82) is 0 Å². The van der Waals surface area contributed by atoms with Crippen LogP contribution in [0, 0.1) is 5.82 Å². The number of anilines is 1. The molecule has 3 aromatic rings. The number of carbonyl (C=O) groups is 2. The zero-order valence-corrected chi connectivity index (χ0v) is 17.5. The molecule has 0 aliphatic carbocycles. The Morgan fingerprint density at radius 2 is 1.94 bits per heavy atom. The average Bonchev–Trinajstić information content (AvgIpc) is 3.33. The number of hydrogen-bond acceptors (Lipinski definition) is 5. The van der Waals surface area contributed by atoms with Crippen LogP contribution in [0.4, 0.5) is 15.0 Å². The fourth-order valence-electron chi connectivity index (χ4n) is 3.29. The number of amides is 2. The van der Waals surface area contributed by atoms with Gasteiger partial charge in [-0.1, -0.05) is 0 Å². The van der Waals surface area contributed by atoms with Crippen LogP contribution in [0.15, 0.2) is 36.5 Å². The van der Waals surface area contributed by atoms with Crippen molar-refractivity contribution in [2.45, 2.75) is 39.5 Å². The summed E-state index contributed by atoms with van der Waals surface area (Å²) < 4.78 is 20.4. The van der Waals surface area contributed by atoms with Gasteiger partial charge in [-0.05, 0) is 45.0 Å². The van der Waals surface area contributed by atoms with Crippen molar-refractivity contribution in [2.24, 2.45) is 0 Å². The third kappa shape index (κ3) is 4.57. The van der Waals surface area contributed by atoms with Crippen molar-refractivity contribution in [3.63, 3.8) is 0 Å². The van der Waals surface area contributed by atoms with Crippen LogP contribution in [0.3, 0.4) is 0 Å².